The third-order valence-corrected chi connectivity index (χ3v) is 4.15. The number of ketones is 2. The van der Waals surface area contributed by atoms with Crippen molar-refractivity contribution in [3.63, 3.8) is 0 Å². The van der Waals surface area contributed by atoms with Gasteiger partial charge in [-0.3, -0.25) is 19.7 Å². The summed E-state index contributed by atoms with van der Waals surface area (Å²) in [5.74, 6) is -0.660. The second-order valence-corrected chi connectivity index (χ2v) is 5.62. The van der Waals surface area contributed by atoms with Crippen LogP contribution in [0.25, 0.3) is 0 Å². The molecule has 6 nitrogen and oxygen atoms in total. The van der Waals surface area contributed by atoms with Crippen LogP contribution in [0.2, 0.25) is 0 Å². The van der Waals surface area contributed by atoms with Gasteiger partial charge in [0, 0.05) is 28.9 Å². The molecule has 0 radical (unpaired) electrons. The summed E-state index contributed by atoms with van der Waals surface area (Å²) in [5.41, 5.74) is 0.935. The number of anilines is 1. The normalized spacial score (nSPS) is 13.8. The highest BCUT2D eigenvalue weighted by atomic mass is 79.9. The Morgan fingerprint density at radius 1 is 0.957 bits per heavy atom. The first-order chi connectivity index (χ1) is 11.0. The molecule has 7 heteroatoms. The van der Waals surface area contributed by atoms with E-state index in [2.05, 4.69) is 21.2 Å². The van der Waals surface area contributed by atoms with Crippen LogP contribution in [0.4, 0.5) is 11.4 Å². The van der Waals surface area contributed by atoms with Crippen molar-refractivity contribution in [3.05, 3.63) is 80.0 Å². The van der Waals surface area contributed by atoms with Crippen molar-refractivity contribution < 1.29 is 14.5 Å². The van der Waals surface area contributed by atoms with E-state index >= 15 is 0 Å². The van der Waals surface area contributed by atoms with E-state index in [0.29, 0.717) is 16.8 Å². The Labute approximate surface area is 139 Å². The average Bonchev–Trinajstić information content (AvgIpc) is 2.57. The van der Waals surface area contributed by atoms with Crippen LogP contribution in [0, 0.1) is 10.1 Å². The highest BCUT2D eigenvalue weighted by Gasteiger charge is 2.31. The number of nitro groups is 1. The molecule has 3 rings (SSSR count). The van der Waals surface area contributed by atoms with E-state index in [9.17, 15) is 19.7 Å². The SMILES string of the molecule is O=C1C(Br)=C(Nc2cccc([N+](=O)[O-])c2)C(=O)c2ccccc21. The van der Waals surface area contributed by atoms with Crippen LogP contribution < -0.4 is 5.32 Å². The lowest BCUT2D eigenvalue weighted by Crippen LogP contribution is -2.24. The minimum absolute atomic E-state index is 0.0641. The second kappa shape index (κ2) is 5.77. The zero-order valence-corrected chi connectivity index (χ0v) is 13.2. The van der Waals surface area contributed by atoms with Gasteiger partial charge in [-0.1, -0.05) is 30.3 Å². The number of non-ortho nitro benzene ring substituents is 1. The minimum atomic E-state index is -0.530. The maximum absolute atomic E-state index is 12.6. The Kier molecular flexibility index (Phi) is 3.79. The molecule has 0 spiro atoms. The number of nitrogens with one attached hydrogen (secondary N) is 1. The van der Waals surface area contributed by atoms with Crippen LogP contribution in [-0.4, -0.2) is 16.5 Å². The van der Waals surface area contributed by atoms with E-state index < -0.39 is 4.92 Å². The Balaban J connectivity index is 2.02. The molecule has 0 heterocycles. The number of halogens is 1. The number of nitrogens with zero attached hydrogens (tertiary/aromatic N) is 1. The fraction of sp³-hybridized carbons (Fsp3) is 0. The van der Waals surface area contributed by atoms with Gasteiger partial charge in [0.2, 0.25) is 11.6 Å². The third-order valence-electron chi connectivity index (χ3n) is 3.39. The Morgan fingerprint density at radius 3 is 2.26 bits per heavy atom. The van der Waals surface area contributed by atoms with Gasteiger partial charge in [-0.2, -0.15) is 0 Å². The van der Waals surface area contributed by atoms with Crippen molar-refractivity contribution in [3.8, 4) is 0 Å². The van der Waals surface area contributed by atoms with Gasteiger partial charge >= 0.3 is 0 Å². The first-order valence-corrected chi connectivity index (χ1v) is 7.38. The highest BCUT2D eigenvalue weighted by Crippen LogP contribution is 2.31. The first kappa shape index (κ1) is 15.1. The number of carbonyl (C=O) groups is 2. The molecule has 1 N–H and O–H groups in total. The van der Waals surface area contributed by atoms with Crippen molar-refractivity contribution in [2.45, 2.75) is 0 Å². The molecule has 2 aromatic carbocycles. The number of rotatable bonds is 3. The van der Waals surface area contributed by atoms with Gasteiger partial charge < -0.3 is 5.32 Å². The van der Waals surface area contributed by atoms with E-state index in [4.69, 9.17) is 0 Å². The number of hydrogen-bond donors (Lipinski definition) is 1. The fourth-order valence-electron chi connectivity index (χ4n) is 2.30. The Morgan fingerprint density at radius 2 is 1.61 bits per heavy atom. The number of fused-ring (bicyclic) bond motifs is 1. The third kappa shape index (κ3) is 2.66. The van der Waals surface area contributed by atoms with Gasteiger partial charge in [-0.25, -0.2) is 0 Å². The van der Waals surface area contributed by atoms with E-state index in [0.717, 1.165) is 0 Å². The zero-order chi connectivity index (χ0) is 16.6. The molecule has 0 unspecified atom stereocenters. The second-order valence-electron chi connectivity index (χ2n) is 4.83. The standard InChI is InChI=1S/C16H9BrN2O4/c17-13-14(18-9-4-3-5-10(8-9)19(22)23)16(21)12-7-2-1-6-11(12)15(13)20/h1-8,18H. The minimum Gasteiger partial charge on any atom is -0.351 e. The Hall–Kier alpha value is -2.80. The summed E-state index contributed by atoms with van der Waals surface area (Å²) in [6, 6.07) is 12.2. The predicted molar refractivity (Wildman–Crippen MR) is 87.8 cm³/mol. The van der Waals surface area contributed by atoms with E-state index in [-0.39, 0.29) is 27.4 Å². The largest absolute Gasteiger partial charge is 0.351 e. The van der Waals surface area contributed by atoms with Crippen molar-refractivity contribution in [1.82, 2.24) is 0 Å². The lowest BCUT2D eigenvalue weighted by atomic mass is 9.92. The lowest BCUT2D eigenvalue weighted by molar-refractivity contribution is -0.384. The summed E-state index contributed by atoms with van der Waals surface area (Å²) >= 11 is 3.15. The molecule has 0 saturated heterocycles. The van der Waals surface area contributed by atoms with Crippen molar-refractivity contribution >= 4 is 38.9 Å². The van der Waals surface area contributed by atoms with Crippen LogP contribution in [0.3, 0.4) is 0 Å². The van der Waals surface area contributed by atoms with Gasteiger partial charge in [0.25, 0.3) is 5.69 Å². The molecule has 0 fully saturated rings. The van der Waals surface area contributed by atoms with Crippen LogP contribution >= 0.6 is 15.9 Å². The number of Topliss-reactive ketones (excluding diaryl/α,β-unsaturated/α-hetero) is 2. The maximum atomic E-state index is 12.6. The van der Waals surface area contributed by atoms with Crippen LogP contribution in [0.15, 0.2) is 58.7 Å². The highest BCUT2D eigenvalue weighted by molar-refractivity contribution is 9.12. The van der Waals surface area contributed by atoms with Crippen molar-refractivity contribution in [2.75, 3.05) is 5.32 Å². The van der Waals surface area contributed by atoms with Gasteiger partial charge in [0.15, 0.2) is 0 Å². The quantitative estimate of drug-likeness (QED) is 0.655. The molecule has 114 valence electrons. The fourth-order valence-corrected chi connectivity index (χ4v) is 2.79. The summed E-state index contributed by atoms with van der Waals surface area (Å²) in [6.07, 6.45) is 0. The summed E-state index contributed by atoms with van der Waals surface area (Å²) < 4.78 is 0.104. The molecule has 23 heavy (non-hydrogen) atoms. The molecule has 2 aromatic rings. The van der Waals surface area contributed by atoms with Crippen molar-refractivity contribution in [2.24, 2.45) is 0 Å². The number of hydrogen-bond acceptors (Lipinski definition) is 5. The van der Waals surface area contributed by atoms with E-state index in [1.54, 1.807) is 30.3 Å². The monoisotopic (exact) mass is 372 g/mol. The lowest BCUT2D eigenvalue weighted by Gasteiger charge is -2.19. The summed E-state index contributed by atoms with van der Waals surface area (Å²) in [7, 11) is 0. The number of allylic oxidation sites excluding steroid dienone is 2. The number of benzene rings is 2. The molecule has 1 aliphatic carbocycles. The molecule has 0 atom stereocenters. The van der Waals surface area contributed by atoms with Gasteiger partial charge in [-0.05, 0) is 22.0 Å². The first-order valence-electron chi connectivity index (χ1n) is 6.58. The summed E-state index contributed by atoms with van der Waals surface area (Å²) in [5, 5.41) is 13.6. The molecule has 1 aliphatic rings. The molecular formula is C16H9BrN2O4. The average molecular weight is 373 g/mol. The number of carbonyl (C=O) groups excluding carboxylic acids is 2. The molecule has 0 aromatic heterocycles. The van der Waals surface area contributed by atoms with E-state index in [1.807, 2.05) is 0 Å². The van der Waals surface area contributed by atoms with Gasteiger partial charge in [0.1, 0.15) is 5.70 Å². The molecule has 0 aliphatic heterocycles. The molecular weight excluding hydrogens is 364 g/mol. The molecule has 0 saturated carbocycles. The molecule has 0 bridgehead atoms. The Bertz CT molecular complexity index is 889. The smallest absolute Gasteiger partial charge is 0.271 e. The van der Waals surface area contributed by atoms with Crippen LogP contribution in [-0.2, 0) is 0 Å². The number of nitro benzene ring substituents is 1. The maximum Gasteiger partial charge on any atom is 0.271 e. The van der Waals surface area contributed by atoms with Crippen LogP contribution in [0.1, 0.15) is 20.7 Å². The summed E-state index contributed by atoms with van der Waals surface area (Å²) in [4.78, 5) is 35.2. The predicted octanol–water partition coefficient (Wildman–Crippen LogP) is 3.69. The topological polar surface area (TPSA) is 89.3 Å². The summed E-state index contributed by atoms with van der Waals surface area (Å²) in [6.45, 7) is 0. The van der Waals surface area contributed by atoms with Gasteiger partial charge in [0.05, 0.1) is 9.41 Å². The van der Waals surface area contributed by atoms with Gasteiger partial charge in [-0.15, -0.1) is 0 Å². The van der Waals surface area contributed by atoms with E-state index in [1.165, 1.54) is 18.2 Å². The molecule has 0 amide bonds. The van der Waals surface area contributed by atoms with Crippen molar-refractivity contribution in [1.29, 1.82) is 0 Å². The zero-order valence-electron chi connectivity index (χ0n) is 11.6. The van der Waals surface area contributed by atoms with Crippen LogP contribution in [0.5, 0.6) is 0 Å².